The van der Waals surface area contributed by atoms with E-state index in [1.165, 1.54) is 11.1 Å². The molecule has 5 nitrogen and oxygen atoms in total. The van der Waals surface area contributed by atoms with E-state index in [-0.39, 0.29) is 18.0 Å². The molecule has 1 aliphatic heterocycles. The van der Waals surface area contributed by atoms with Gasteiger partial charge >= 0.3 is 0 Å². The number of benzene rings is 2. The van der Waals surface area contributed by atoms with Crippen molar-refractivity contribution in [2.75, 3.05) is 24.3 Å². The Morgan fingerprint density at radius 2 is 1.71 bits per heavy atom. The summed E-state index contributed by atoms with van der Waals surface area (Å²) in [6.07, 6.45) is 0.727. The summed E-state index contributed by atoms with van der Waals surface area (Å²) >= 11 is 0. The molecule has 126 valence electrons. The first-order valence-corrected chi connectivity index (χ1v) is 8.19. The standard InChI is InChI=1S/C19H24N4O/c1-13-4-6-14(7-5-13)17-12-18(22-21-17)19(24)20-15-8-10-16(11-9-15)23(2)3/h4-11,17-18,21-22H,12H2,1-3H3,(H,20,24). The fraction of sp³-hybridized carbons (Fsp3) is 0.316. The summed E-state index contributed by atoms with van der Waals surface area (Å²) in [5, 5.41) is 2.97. The Bertz CT molecular complexity index is 694. The second-order valence-electron chi connectivity index (χ2n) is 6.47. The number of amides is 1. The molecule has 0 radical (unpaired) electrons. The maximum Gasteiger partial charge on any atom is 0.242 e. The van der Waals surface area contributed by atoms with Gasteiger partial charge < -0.3 is 10.2 Å². The zero-order valence-electron chi connectivity index (χ0n) is 14.3. The minimum Gasteiger partial charge on any atom is -0.378 e. The largest absolute Gasteiger partial charge is 0.378 e. The average Bonchev–Trinajstić information content (AvgIpc) is 3.06. The lowest BCUT2D eigenvalue weighted by atomic mass is 10.0. The van der Waals surface area contributed by atoms with Gasteiger partial charge in [0.15, 0.2) is 0 Å². The smallest absolute Gasteiger partial charge is 0.242 e. The Hall–Kier alpha value is -2.37. The quantitative estimate of drug-likeness (QED) is 0.809. The van der Waals surface area contributed by atoms with Gasteiger partial charge in [-0.05, 0) is 43.2 Å². The average molecular weight is 324 g/mol. The van der Waals surface area contributed by atoms with Crippen molar-refractivity contribution in [1.29, 1.82) is 0 Å². The molecule has 2 unspecified atom stereocenters. The molecule has 3 rings (SSSR count). The second-order valence-corrected chi connectivity index (χ2v) is 6.47. The highest BCUT2D eigenvalue weighted by molar-refractivity contribution is 5.95. The third-order valence-corrected chi connectivity index (χ3v) is 4.35. The van der Waals surface area contributed by atoms with Crippen LogP contribution in [0.15, 0.2) is 48.5 Å². The molecule has 1 amide bonds. The van der Waals surface area contributed by atoms with Crippen molar-refractivity contribution in [1.82, 2.24) is 10.9 Å². The first-order chi connectivity index (χ1) is 11.5. The highest BCUT2D eigenvalue weighted by atomic mass is 16.2. The van der Waals surface area contributed by atoms with Crippen LogP contribution in [-0.2, 0) is 4.79 Å². The Kier molecular flexibility index (Phi) is 4.83. The van der Waals surface area contributed by atoms with Crippen LogP contribution in [0.4, 0.5) is 11.4 Å². The van der Waals surface area contributed by atoms with E-state index in [2.05, 4.69) is 47.4 Å². The summed E-state index contributed by atoms with van der Waals surface area (Å²) in [5.74, 6) is -0.0188. The maximum absolute atomic E-state index is 12.4. The molecule has 2 aromatic carbocycles. The van der Waals surface area contributed by atoms with Gasteiger partial charge in [-0.1, -0.05) is 29.8 Å². The number of rotatable bonds is 4. The lowest BCUT2D eigenvalue weighted by molar-refractivity contribution is -0.117. The first-order valence-electron chi connectivity index (χ1n) is 8.19. The molecular formula is C19H24N4O. The predicted molar refractivity (Wildman–Crippen MR) is 98.0 cm³/mol. The summed E-state index contributed by atoms with van der Waals surface area (Å²) in [5.41, 5.74) is 10.7. The Balaban J connectivity index is 1.59. The molecule has 2 atom stereocenters. The summed E-state index contributed by atoms with van der Waals surface area (Å²) in [4.78, 5) is 14.5. The van der Waals surface area contributed by atoms with Crippen molar-refractivity contribution < 1.29 is 4.79 Å². The van der Waals surface area contributed by atoms with Gasteiger partial charge in [0.1, 0.15) is 6.04 Å². The van der Waals surface area contributed by atoms with Crippen LogP contribution in [0.3, 0.4) is 0 Å². The van der Waals surface area contributed by atoms with E-state index in [0.29, 0.717) is 0 Å². The van der Waals surface area contributed by atoms with Gasteiger partial charge in [0.05, 0.1) is 0 Å². The molecule has 2 aromatic rings. The highest BCUT2D eigenvalue weighted by Gasteiger charge is 2.30. The van der Waals surface area contributed by atoms with Crippen LogP contribution < -0.4 is 21.1 Å². The maximum atomic E-state index is 12.4. The number of carbonyl (C=O) groups excluding carboxylic acids is 1. The number of hydrazine groups is 1. The molecule has 1 aliphatic rings. The van der Waals surface area contributed by atoms with Gasteiger partial charge in [0.25, 0.3) is 0 Å². The van der Waals surface area contributed by atoms with E-state index in [1.54, 1.807) is 0 Å². The molecule has 5 heteroatoms. The summed E-state index contributed by atoms with van der Waals surface area (Å²) < 4.78 is 0. The lowest BCUT2D eigenvalue weighted by Gasteiger charge is -2.14. The second kappa shape index (κ2) is 7.03. The third kappa shape index (κ3) is 3.75. The number of carbonyl (C=O) groups is 1. The van der Waals surface area contributed by atoms with Crippen molar-refractivity contribution in [2.45, 2.75) is 25.4 Å². The zero-order chi connectivity index (χ0) is 17.1. The Morgan fingerprint density at radius 1 is 1.04 bits per heavy atom. The molecular weight excluding hydrogens is 300 g/mol. The van der Waals surface area contributed by atoms with Crippen molar-refractivity contribution >= 4 is 17.3 Å². The molecule has 0 bridgehead atoms. The molecule has 0 aliphatic carbocycles. The van der Waals surface area contributed by atoms with Crippen LogP contribution in [0, 0.1) is 6.92 Å². The van der Waals surface area contributed by atoms with Gasteiger partial charge in [0, 0.05) is 31.5 Å². The van der Waals surface area contributed by atoms with Crippen LogP contribution in [0.1, 0.15) is 23.6 Å². The SMILES string of the molecule is Cc1ccc(C2CC(C(=O)Nc3ccc(N(C)C)cc3)NN2)cc1. The monoisotopic (exact) mass is 324 g/mol. The van der Waals surface area contributed by atoms with E-state index >= 15 is 0 Å². The van der Waals surface area contributed by atoms with E-state index in [4.69, 9.17) is 0 Å². The summed E-state index contributed by atoms with van der Waals surface area (Å²) in [6, 6.07) is 16.1. The van der Waals surface area contributed by atoms with Gasteiger partial charge in [-0.15, -0.1) is 0 Å². The first kappa shape index (κ1) is 16.5. The number of aryl methyl sites for hydroxylation is 1. The molecule has 0 aromatic heterocycles. The fourth-order valence-electron chi connectivity index (χ4n) is 2.82. The van der Waals surface area contributed by atoms with Crippen LogP contribution in [0.5, 0.6) is 0 Å². The Morgan fingerprint density at radius 3 is 2.33 bits per heavy atom. The van der Waals surface area contributed by atoms with Crippen LogP contribution in [-0.4, -0.2) is 26.0 Å². The number of hydrogen-bond acceptors (Lipinski definition) is 4. The third-order valence-electron chi connectivity index (χ3n) is 4.35. The number of hydrogen-bond donors (Lipinski definition) is 3. The van der Waals surface area contributed by atoms with Crippen LogP contribution in [0.25, 0.3) is 0 Å². The Labute approximate surface area is 143 Å². The molecule has 24 heavy (non-hydrogen) atoms. The normalized spacial score (nSPS) is 20.0. The molecule has 1 saturated heterocycles. The summed E-state index contributed by atoms with van der Waals surface area (Å²) in [6.45, 7) is 2.07. The van der Waals surface area contributed by atoms with Crippen molar-refractivity contribution in [3.05, 3.63) is 59.7 Å². The molecule has 1 fully saturated rings. The van der Waals surface area contributed by atoms with Gasteiger partial charge in [-0.3, -0.25) is 4.79 Å². The van der Waals surface area contributed by atoms with E-state index in [1.807, 2.05) is 43.3 Å². The molecule has 0 saturated carbocycles. The molecule has 1 heterocycles. The molecule has 0 spiro atoms. The number of anilines is 2. The van der Waals surface area contributed by atoms with Crippen molar-refractivity contribution in [3.63, 3.8) is 0 Å². The molecule has 3 N–H and O–H groups in total. The minimum atomic E-state index is -0.246. The minimum absolute atomic E-state index is 0.0188. The fourth-order valence-corrected chi connectivity index (χ4v) is 2.82. The van der Waals surface area contributed by atoms with Crippen LogP contribution >= 0.6 is 0 Å². The van der Waals surface area contributed by atoms with Gasteiger partial charge in [-0.25, -0.2) is 10.9 Å². The predicted octanol–water partition coefficient (Wildman–Crippen LogP) is 2.61. The topological polar surface area (TPSA) is 56.4 Å². The number of nitrogens with one attached hydrogen (secondary N) is 3. The van der Waals surface area contributed by atoms with E-state index in [0.717, 1.165) is 17.8 Å². The zero-order valence-corrected chi connectivity index (χ0v) is 14.3. The van der Waals surface area contributed by atoms with Gasteiger partial charge in [0.2, 0.25) is 5.91 Å². The van der Waals surface area contributed by atoms with E-state index < -0.39 is 0 Å². The van der Waals surface area contributed by atoms with E-state index in [9.17, 15) is 4.79 Å². The van der Waals surface area contributed by atoms with Crippen molar-refractivity contribution in [2.24, 2.45) is 0 Å². The van der Waals surface area contributed by atoms with Crippen molar-refractivity contribution in [3.8, 4) is 0 Å². The summed E-state index contributed by atoms with van der Waals surface area (Å²) in [7, 11) is 3.99. The van der Waals surface area contributed by atoms with Gasteiger partial charge in [-0.2, -0.15) is 0 Å². The lowest BCUT2D eigenvalue weighted by Crippen LogP contribution is -2.39. The van der Waals surface area contributed by atoms with Crippen LogP contribution in [0.2, 0.25) is 0 Å². The number of nitrogens with zero attached hydrogens (tertiary/aromatic N) is 1. The highest BCUT2D eigenvalue weighted by Crippen LogP contribution is 2.23.